The summed E-state index contributed by atoms with van der Waals surface area (Å²) in [6, 6.07) is 6.89. The molecule has 1 heterocycles. The number of hydrogen-bond acceptors (Lipinski definition) is 3. The van der Waals surface area contributed by atoms with E-state index in [1.54, 1.807) is 13.1 Å². The van der Waals surface area contributed by atoms with Gasteiger partial charge in [-0.25, -0.2) is 17.6 Å². The lowest BCUT2D eigenvalue weighted by Crippen LogP contribution is -2.18. The average Bonchev–Trinajstić information content (AvgIpc) is 3.31. The average molecular weight is 441 g/mol. The predicted molar refractivity (Wildman–Crippen MR) is 108 cm³/mol. The molecule has 3 aromatic rings. The van der Waals surface area contributed by atoms with E-state index >= 15 is 4.39 Å². The number of aliphatic hydroxyl groups is 1. The van der Waals surface area contributed by atoms with Gasteiger partial charge in [-0.3, -0.25) is 4.68 Å². The van der Waals surface area contributed by atoms with Crippen molar-refractivity contribution in [1.29, 1.82) is 5.26 Å². The lowest BCUT2D eigenvalue weighted by Gasteiger charge is -2.31. The van der Waals surface area contributed by atoms with Gasteiger partial charge in [0.2, 0.25) is 0 Å². The number of rotatable bonds is 2. The van der Waals surface area contributed by atoms with Crippen LogP contribution in [0.1, 0.15) is 64.4 Å². The minimum atomic E-state index is -1.63. The molecule has 1 aromatic heterocycles. The molecule has 0 spiro atoms. The van der Waals surface area contributed by atoms with Gasteiger partial charge < -0.3 is 5.11 Å². The molecule has 0 amide bonds. The van der Waals surface area contributed by atoms with Gasteiger partial charge >= 0.3 is 0 Å². The quantitative estimate of drug-likeness (QED) is 0.563. The van der Waals surface area contributed by atoms with Crippen molar-refractivity contribution < 1.29 is 22.7 Å². The van der Waals surface area contributed by atoms with Crippen LogP contribution in [-0.4, -0.2) is 21.1 Å². The molecular formula is C24H19F4N3O. The fourth-order valence-electron chi connectivity index (χ4n) is 5.27. The topological polar surface area (TPSA) is 61.8 Å². The highest BCUT2D eigenvalue weighted by Crippen LogP contribution is 2.50. The molecule has 0 radical (unpaired) electrons. The van der Waals surface area contributed by atoms with E-state index in [2.05, 4.69) is 5.10 Å². The Bertz CT molecular complexity index is 1280. The van der Waals surface area contributed by atoms with Crippen LogP contribution < -0.4 is 0 Å². The molecule has 2 aliphatic rings. The minimum Gasteiger partial charge on any atom is -0.385 e. The number of alkyl halides is 2. The van der Waals surface area contributed by atoms with Gasteiger partial charge in [0, 0.05) is 31.1 Å². The molecule has 5 rings (SSSR count). The highest BCUT2D eigenvalue weighted by Gasteiger charge is 2.41. The molecular weight excluding hydrogens is 422 g/mol. The van der Waals surface area contributed by atoms with Crippen molar-refractivity contribution in [3.05, 3.63) is 75.5 Å². The number of nitrogens with zero attached hydrogens (tertiary/aromatic N) is 3. The van der Waals surface area contributed by atoms with Gasteiger partial charge in [0.05, 0.1) is 17.3 Å². The van der Waals surface area contributed by atoms with Crippen LogP contribution in [0, 0.1) is 23.0 Å². The lowest BCUT2D eigenvalue weighted by molar-refractivity contribution is 0.0927. The van der Waals surface area contributed by atoms with E-state index in [1.807, 2.05) is 6.07 Å². The van der Waals surface area contributed by atoms with Crippen molar-refractivity contribution in [2.24, 2.45) is 7.05 Å². The van der Waals surface area contributed by atoms with Crippen LogP contribution in [0.15, 0.2) is 30.5 Å². The fraction of sp³-hybridized carbons (Fsp3) is 0.333. The van der Waals surface area contributed by atoms with Gasteiger partial charge in [0.15, 0.2) is 0 Å². The Hall–Kier alpha value is -3.18. The van der Waals surface area contributed by atoms with Crippen LogP contribution in [0.5, 0.6) is 0 Å². The summed E-state index contributed by atoms with van der Waals surface area (Å²) in [7, 11) is 1.62. The molecule has 0 saturated heterocycles. The molecule has 164 valence electrons. The van der Waals surface area contributed by atoms with Crippen molar-refractivity contribution in [3.8, 4) is 17.3 Å². The van der Waals surface area contributed by atoms with E-state index in [-0.39, 0.29) is 41.5 Å². The van der Waals surface area contributed by atoms with E-state index in [0.29, 0.717) is 22.4 Å². The van der Waals surface area contributed by atoms with Gasteiger partial charge in [-0.2, -0.15) is 10.4 Å². The summed E-state index contributed by atoms with van der Waals surface area (Å²) in [6.45, 7) is 0. The van der Waals surface area contributed by atoms with Gasteiger partial charge in [-0.05, 0) is 64.9 Å². The van der Waals surface area contributed by atoms with Crippen molar-refractivity contribution in [2.45, 2.75) is 43.6 Å². The van der Waals surface area contributed by atoms with Gasteiger partial charge in [-0.15, -0.1) is 0 Å². The zero-order chi connectivity index (χ0) is 22.7. The summed E-state index contributed by atoms with van der Waals surface area (Å²) in [5.41, 5.74) is 1.83. The second kappa shape index (κ2) is 7.45. The number of fused-ring (bicyclic) bond motifs is 2. The Morgan fingerprint density at radius 2 is 1.91 bits per heavy atom. The van der Waals surface area contributed by atoms with Crippen LogP contribution in [0.2, 0.25) is 0 Å². The van der Waals surface area contributed by atoms with E-state index in [4.69, 9.17) is 0 Å². The predicted octanol–water partition coefficient (Wildman–Crippen LogP) is 5.10. The molecule has 4 nitrogen and oxygen atoms in total. The van der Waals surface area contributed by atoms with Crippen molar-refractivity contribution in [2.75, 3.05) is 0 Å². The summed E-state index contributed by atoms with van der Waals surface area (Å²) < 4.78 is 60.4. The third-order valence-corrected chi connectivity index (χ3v) is 6.65. The van der Waals surface area contributed by atoms with Crippen LogP contribution in [0.3, 0.4) is 0 Å². The monoisotopic (exact) mass is 441 g/mol. The number of halogens is 4. The van der Waals surface area contributed by atoms with E-state index in [1.165, 1.54) is 16.9 Å². The maximum Gasteiger partial charge on any atom is 0.134 e. The Balaban J connectivity index is 1.78. The zero-order valence-corrected chi connectivity index (χ0v) is 17.1. The first-order valence-electron chi connectivity index (χ1n) is 10.3. The summed E-state index contributed by atoms with van der Waals surface area (Å²) in [5, 5.41) is 24.2. The number of aryl methyl sites for hydroxylation is 1. The molecule has 32 heavy (non-hydrogen) atoms. The third-order valence-electron chi connectivity index (χ3n) is 6.65. The van der Waals surface area contributed by atoms with Gasteiger partial charge in [0.25, 0.3) is 0 Å². The van der Waals surface area contributed by atoms with E-state index in [9.17, 15) is 23.5 Å². The van der Waals surface area contributed by atoms with Crippen molar-refractivity contribution in [1.82, 2.24) is 9.78 Å². The molecule has 0 bridgehead atoms. The maximum atomic E-state index is 15.5. The summed E-state index contributed by atoms with van der Waals surface area (Å²) in [4.78, 5) is 0. The highest BCUT2D eigenvalue weighted by molar-refractivity contribution is 5.71. The summed E-state index contributed by atoms with van der Waals surface area (Å²) in [6.07, 6.45) is -2.94. The second-order valence-corrected chi connectivity index (χ2v) is 8.39. The lowest BCUT2D eigenvalue weighted by atomic mass is 9.74. The van der Waals surface area contributed by atoms with Crippen LogP contribution in [0.25, 0.3) is 11.3 Å². The normalized spacial score (nSPS) is 24.2. The smallest absolute Gasteiger partial charge is 0.134 e. The standard InChI is InChI=1S/C24H19F4N3O/c1-31-20(4-5-30-31)23-18(27)8-14(15-9-19(28)24(32)22(15)23)13-2-3-17(26)16-7-12(25)6-11(10-29)21(13)16/h4-8,13,17,19,24,32H,2-3,9H2,1H3/t13-,17+,19-,24-/m1/s1. The molecule has 0 aliphatic heterocycles. The van der Waals surface area contributed by atoms with Crippen LogP contribution in [-0.2, 0) is 13.5 Å². The molecule has 4 atom stereocenters. The number of hydrogen-bond donors (Lipinski definition) is 1. The fourth-order valence-corrected chi connectivity index (χ4v) is 5.27. The highest BCUT2D eigenvalue weighted by atomic mass is 19.1. The van der Waals surface area contributed by atoms with Crippen LogP contribution >= 0.6 is 0 Å². The van der Waals surface area contributed by atoms with Gasteiger partial charge in [-0.1, -0.05) is 0 Å². The maximum absolute atomic E-state index is 15.5. The van der Waals surface area contributed by atoms with Gasteiger partial charge in [0.1, 0.15) is 30.1 Å². The first-order chi connectivity index (χ1) is 15.3. The molecule has 0 saturated carbocycles. The first-order valence-corrected chi connectivity index (χ1v) is 10.3. The third kappa shape index (κ3) is 2.95. The van der Waals surface area contributed by atoms with Crippen molar-refractivity contribution >= 4 is 0 Å². The molecule has 0 fully saturated rings. The Labute approximate surface area is 181 Å². The number of nitriles is 1. The van der Waals surface area contributed by atoms with E-state index < -0.39 is 36.0 Å². The first kappa shape index (κ1) is 20.7. The SMILES string of the molecule is Cn1nccc1-c1c(F)cc([C@H]2CC[C@H](F)c3cc(F)cc(C#N)c32)c2c1[C@H](O)[C@H](F)C2. The number of benzene rings is 2. The summed E-state index contributed by atoms with van der Waals surface area (Å²) in [5.74, 6) is -2.00. The molecule has 2 aliphatic carbocycles. The number of aromatic nitrogens is 2. The van der Waals surface area contributed by atoms with Crippen molar-refractivity contribution in [3.63, 3.8) is 0 Å². The number of aliphatic hydroxyl groups excluding tert-OH is 1. The van der Waals surface area contributed by atoms with E-state index in [0.717, 1.165) is 12.1 Å². The Morgan fingerprint density at radius 3 is 2.59 bits per heavy atom. The minimum absolute atomic E-state index is 0.0208. The molecule has 0 unspecified atom stereocenters. The Morgan fingerprint density at radius 1 is 1.12 bits per heavy atom. The zero-order valence-electron chi connectivity index (χ0n) is 17.1. The largest absolute Gasteiger partial charge is 0.385 e. The van der Waals surface area contributed by atoms with Crippen LogP contribution in [0.4, 0.5) is 17.6 Å². The Kier molecular flexibility index (Phi) is 4.82. The molecule has 2 aromatic carbocycles. The second-order valence-electron chi connectivity index (χ2n) is 8.39. The summed E-state index contributed by atoms with van der Waals surface area (Å²) >= 11 is 0. The molecule has 8 heteroatoms. The molecule has 1 N–H and O–H groups in total.